The molecule has 0 amide bonds. The van der Waals surface area contributed by atoms with Crippen LogP contribution in [0.15, 0.2) is 54.6 Å². The van der Waals surface area contributed by atoms with E-state index < -0.39 is 55.0 Å². The standard InChI is InChI=1S/C30H43O13PS/c1-29(2,3)19-37-27(31)39-21-41-44(33,42-22-40-28(32)38-20-30(4,5)6)26(45(34,35)36)17-11-13-23-12-10-16-25(18-23)43-24-14-8-7-9-15-24/h7-10,12,14-16,18,26H,11,13,17,19-22H2,1-6H3,(H,34,35,36). The largest absolute Gasteiger partial charge is 0.510 e. The maximum Gasteiger partial charge on any atom is 0.510 e. The van der Waals surface area contributed by atoms with Gasteiger partial charge < -0.3 is 23.7 Å². The molecule has 1 atom stereocenters. The molecule has 0 aromatic heterocycles. The Bertz CT molecular complexity index is 1340. The van der Waals surface area contributed by atoms with E-state index in [1.165, 1.54) is 0 Å². The molecule has 0 radical (unpaired) electrons. The molecule has 13 nitrogen and oxygen atoms in total. The molecule has 0 spiro atoms. The molecule has 0 fully saturated rings. The Morgan fingerprint density at radius 3 is 1.78 bits per heavy atom. The molecule has 0 heterocycles. The van der Waals surface area contributed by atoms with Crippen LogP contribution in [0.2, 0.25) is 0 Å². The minimum atomic E-state index is -5.07. The lowest BCUT2D eigenvalue weighted by Gasteiger charge is -2.25. The number of hydrogen-bond acceptors (Lipinski definition) is 12. The third-order valence-corrected chi connectivity index (χ3v) is 9.95. The molecule has 2 aromatic carbocycles. The Labute approximate surface area is 264 Å². The summed E-state index contributed by atoms with van der Waals surface area (Å²) in [6.45, 7) is 8.79. The van der Waals surface area contributed by atoms with Crippen LogP contribution in [-0.2, 0) is 49.1 Å². The average molecular weight is 675 g/mol. The Balaban J connectivity index is 2.12. The van der Waals surface area contributed by atoms with E-state index in [1.807, 2.05) is 59.7 Å². The van der Waals surface area contributed by atoms with Gasteiger partial charge in [-0.15, -0.1) is 0 Å². The maximum absolute atomic E-state index is 13.8. The first-order valence-electron chi connectivity index (χ1n) is 14.1. The number of carbonyl (C=O) groups is 2. The van der Waals surface area contributed by atoms with Crippen molar-refractivity contribution in [2.45, 2.75) is 65.8 Å². The van der Waals surface area contributed by atoms with Crippen LogP contribution in [-0.4, -0.2) is 57.1 Å². The van der Waals surface area contributed by atoms with Gasteiger partial charge in [0, 0.05) is 0 Å². The highest BCUT2D eigenvalue weighted by Crippen LogP contribution is 2.56. The van der Waals surface area contributed by atoms with Crippen LogP contribution in [0.5, 0.6) is 11.5 Å². The van der Waals surface area contributed by atoms with Crippen molar-refractivity contribution < 1.29 is 59.9 Å². The summed E-state index contributed by atoms with van der Waals surface area (Å²) in [5, 5.41) is 0. The summed E-state index contributed by atoms with van der Waals surface area (Å²) in [6, 6.07) is 16.2. The van der Waals surface area contributed by atoms with Gasteiger partial charge in [-0.2, -0.15) is 8.42 Å². The van der Waals surface area contributed by atoms with Gasteiger partial charge in [-0.3, -0.25) is 18.2 Å². The number of rotatable bonds is 16. The third kappa shape index (κ3) is 15.6. The van der Waals surface area contributed by atoms with Gasteiger partial charge in [0.25, 0.3) is 10.1 Å². The van der Waals surface area contributed by atoms with Crippen molar-refractivity contribution in [3.8, 4) is 11.5 Å². The smallest absolute Gasteiger partial charge is 0.457 e. The first kappa shape index (κ1) is 38.0. The van der Waals surface area contributed by atoms with Gasteiger partial charge in [0.05, 0.1) is 13.2 Å². The minimum absolute atomic E-state index is 0.00422. The molecule has 0 bridgehead atoms. The molecule has 0 aliphatic rings. The van der Waals surface area contributed by atoms with Crippen LogP contribution in [0.4, 0.5) is 9.59 Å². The van der Waals surface area contributed by atoms with Crippen molar-refractivity contribution in [3.63, 3.8) is 0 Å². The molecule has 45 heavy (non-hydrogen) atoms. The first-order chi connectivity index (χ1) is 20.9. The molecule has 252 valence electrons. The van der Waals surface area contributed by atoms with Crippen molar-refractivity contribution in [1.82, 2.24) is 0 Å². The fraction of sp³-hybridized carbons (Fsp3) is 0.533. The van der Waals surface area contributed by atoms with Gasteiger partial charge in [-0.25, -0.2) is 9.59 Å². The van der Waals surface area contributed by atoms with Crippen LogP contribution < -0.4 is 4.74 Å². The van der Waals surface area contributed by atoms with Gasteiger partial charge >= 0.3 is 19.9 Å². The van der Waals surface area contributed by atoms with E-state index >= 15 is 0 Å². The van der Waals surface area contributed by atoms with Crippen molar-refractivity contribution in [1.29, 1.82) is 0 Å². The zero-order chi connectivity index (χ0) is 33.7. The second kappa shape index (κ2) is 17.0. The van der Waals surface area contributed by atoms with E-state index in [4.69, 9.17) is 32.7 Å². The highest BCUT2D eigenvalue weighted by atomic mass is 32.2. The lowest BCUT2D eigenvalue weighted by molar-refractivity contribution is -0.0303. The van der Waals surface area contributed by atoms with E-state index in [9.17, 15) is 27.1 Å². The number of para-hydroxylation sites is 1. The van der Waals surface area contributed by atoms with Gasteiger partial charge in [0.2, 0.25) is 13.6 Å². The number of ether oxygens (including phenoxy) is 5. The zero-order valence-electron chi connectivity index (χ0n) is 26.4. The van der Waals surface area contributed by atoms with Crippen molar-refractivity contribution >= 4 is 30.0 Å². The van der Waals surface area contributed by atoms with E-state index in [2.05, 4.69) is 0 Å². The van der Waals surface area contributed by atoms with E-state index in [-0.39, 0.29) is 30.5 Å². The quantitative estimate of drug-likeness (QED) is 0.0801. The van der Waals surface area contributed by atoms with Gasteiger partial charge in [-0.05, 0) is 59.9 Å². The first-order valence-corrected chi connectivity index (χ1v) is 17.2. The number of hydrogen-bond donors (Lipinski definition) is 1. The lowest BCUT2D eigenvalue weighted by atomic mass is 9.99. The summed E-state index contributed by atoms with van der Waals surface area (Å²) in [4.78, 5) is 21.8. The van der Waals surface area contributed by atoms with E-state index in [1.54, 1.807) is 36.4 Å². The second-order valence-corrected chi connectivity index (χ2v) is 16.6. The Morgan fingerprint density at radius 2 is 1.29 bits per heavy atom. The second-order valence-electron chi connectivity index (χ2n) is 12.4. The molecular weight excluding hydrogens is 631 g/mol. The van der Waals surface area contributed by atoms with Gasteiger partial charge in [0.15, 0.2) is 4.99 Å². The SMILES string of the molecule is CC(C)(C)COC(=O)OCOP(=O)(OCOC(=O)OCC(C)(C)C)C(CCCc1cccc(Oc2ccccc2)c1)S(=O)(=O)O. The Hall–Kier alpha value is -3.16. The molecule has 1 unspecified atom stereocenters. The lowest BCUT2D eigenvalue weighted by Crippen LogP contribution is -2.26. The minimum Gasteiger partial charge on any atom is -0.457 e. The zero-order valence-corrected chi connectivity index (χ0v) is 28.1. The van der Waals surface area contributed by atoms with Gasteiger partial charge in [-0.1, -0.05) is 71.9 Å². The highest BCUT2D eigenvalue weighted by Gasteiger charge is 2.45. The third-order valence-electron chi connectivity index (χ3n) is 5.56. The topological polar surface area (TPSA) is 170 Å². The number of aryl methyl sites for hydroxylation is 1. The summed E-state index contributed by atoms with van der Waals surface area (Å²) in [7, 11) is -9.94. The maximum atomic E-state index is 13.8. The molecular formula is C30H43O13PS. The fourth-order valence-electron chi connectivity index (χ4n) is 3.47. The van der Waals surface area contributed by atoms with Crippen LogP contribution in [0.25, 0.3) is 0 Å². The van der Waals surface area contributed by atoms with Crippen molar-refractivity contribution in [3.05, 3.63) is 60.2 Å². The molecule has 15 heteroatoms. The molecule has 1 N–H and O–H groups in total. The summed E-state index contributed by atoms with van der Waals surface area (Å²) in [5.74, 6) is 1.18. The molecule has 0 aliphatic heterocycles. The predicted molar refractivity (Wildman–Crippen MR) is 165 cm³/mol. The van der Waals surface area contributed by atoms with Crippen LogP contribution in [0.3, 0.4) is 0 Å². The molecule has 2 aromatic rings. The summed E-state index contributed by atoms with van der Waals surface area (Å²) in [6.07, 6.45) is -2.34. The van der Waals surface area contributed by atoms with Crippen molar-refractivity contribution in [2.75, 3.05) is 26.8 Å². The summed E-state index contributed by atoms with van der Waals surface area (Å²) >= 11 is 0. The Kier molecular flexibility index (Phi) is 14.3. The van der Waals surface area contributed by atoms with Crippen LogP contribution in [0.1, 0.15) is 59.9 Å². The number of benzene rings is 2. The fourth-order valence-corrected chi connectivity index (χ4v) is 6.91. The van der Waals surface area contributed by atoms with Gasteiger partial charge in [0.1, 0.15) is 11.5 Å². The molecule has 0 aliphatic carbocycles. The summed E-state index contributed by atoms with van der Waals surface area (Å²) in [5.41, 5.74) is 0.0186. The monoisotopic (exact) mass is 674 g/mol. The molecule has 2 rings (SSSR count). The van der Waals surface area contributed by atoms with Crippen molar-refractivity contribution in [2.24, 2.45) is 10.8 Å². The Morgan fingerprint density at radius 1 is 0.778 bits per heavy atom. The van der Waals surface area contributed by atoms with Crippen LogP contribution >= 0.6 is 7.60 Å². The number of carbonyl (C=O) groups excluding carboxylic acids is 2. The summed E-state index contributed by atoms with van der Waals surface area (Å²) < 4.78 is 84.2. The highest BCUT2D eigenvalue weighted by molar-refractivity contribution is 7.94. The van der Waals surface area contributed by atoms with E-state index in [0.29, 0.717) is 17.9 Å². The normalized spacial score (nSPS) is 13.0. The molecule has 0 saturated carbocycles. The predicted octanol–water partition coefficient (Wildman–Crippen LogP) is 7.56. The van der Waals surface area contributed by atoms with E-state index in [0.717, 1.165) is 5.56 Å². The average Bonchev–Trinajstić information content (AvgIpc) is 2.92. The van der Waals surface area contributed by atoms with Crippen LogP contribution in [0, 0.1) is 10.8 Å². The molecule has 0 saturated heterocycles.